The van der Waals surface area contributed by atoms with Crippen molar-refractivity contribution in [2.24, 2.45) is 0 Å². The number of rotatable bonds is 1. The summed E-state index contributed by atoms with van der Waals surface area (Å²) < 4.78 is 0. The van der Waals surface area contributed by atoms with Crippen LogP contribution in [0.2, 0.25) is 0 Å². The standard InChI is InChI=1S/C6H9BNO3/c1-5-2-3-8-6(4-5)7(9,10)11/h2-4,9-11H,1H3/q-1. The van der Waals surface area contributed by atoms with E-state index in [1.165, 1.54) is 12.3 Å². The van der Waals surface area contributed by atoms with Gasteiger partial charge in [0.15, 0.2) is 0 Å². The first-order chi connectivity index (χ1) is 5.00. The lowest BCUT2D eigenvalue weighted by Gasteiger charge is -2.19. The molecular weight excluding hydrogens is 145 g/mol. The molecule has 0 radical (unpaired) electrons. The van der Waals surface area contributed by atoms with E-state index in [1.807, 2.05) is 0 Å². The molecule has 1 heterocycles. The van der Waals surface area contributed by atoms with Crippen molar-refractivity contribution in [2.75, 3.05) is 0 Å². The van der Waals surface area contributed by atoms with E-state index < -0.39 is 6.75 Å². The van der Waals surface area contributed by atoms with Crippen LogP contribution in [0.5, 0.6) is 0 Å². The third-order valence-corrected chi connectivity index (χ3v) is 1.33. The minimum atomic E-state index is -3.43. The fourth-order valence-corrected chi connectivity index (χ4v) is 0.771. The lowest BCUT2D eigenvalue weighted by Crippen LogP contribution is -2.50. The summed E-state index contributed by atoms with van der Waals surface area (Å²) in [7, 11) is 0. The van der Waals surface area contributed by atoms with E-state index in [2.05, 4.69) is 4.98 Å². The van der Waals surface area contributed by atoms with Crippen LogP contribution in [0.3, 0.4) is 0 Å². The van der Waals surface area contributed by atoms with Crippen molar-refractivity contribution in [1.82, 2.24) is 4.98 Å². The zero-order valence-electron chi connectivity index (χ0n) is 6.10. The molecule has 0 aliphatic carbocycles. The average molecular weight is 154 g/mol. The molecule has 1 aromatic rings. The Hall–Kier alpha value is -0.905. The molecule has 1 rings (SSSR count). The Morgan fingerprint density at radius 1 is 1.36 bits per heavy atom. The zero-order valence-corrected chi connectivity index (χ0v) is 6.10. The Morgan fingerprint density at radius 2 is 2.00 bits per heavy atom. The first-order valence-electron chi connectivity index (χ1n) is 3.24. The fourth-order valence-electron chi connectivity index (χ4n) is 0.771. The van der Waals surface area contributed by atoms with Gasteiger partial charge < -0.3 is 15.1 Å². The third kappa shape index (κ3) is 2.01. The molecule has 0 bridgehead atoms. The molecular formula is C6H9BNO3-. The van der Waals surface area contributed by atoms with Gasteiger partial charge in [-0.2, -0.15) is 0 Å². The molecule has 3 N–H and O–H groups in total. The predicted octanol–water partition coefficient (Wildman–Crippen LogP) is -1.49. The lowest BCUT2D eigenvalue weighted by atomic mass is 9.75. The van der Waals surface area contributed by atoms with Gasteiger partial charge in [0.05, 0.1) is 0 Å². The van der Waals surface area contributed by atoms with Crippen LogP contribution in [0.25, 0.3) is 0 Å². The Morgan fingerprint density at radius 3 is 2.36 bits per heavy atom. The van der Waals surface area contributed by atoms with Gasteiger partial charge in [-0.1, -0.05) is 11.6 Å². The van der Waals surface area contributed by atoms with Crippen molar-refractivity contribution in [3.8, 4) is 0 Å². The summed E-state index contributed by atoms with van der Waals surface area (Å²) >= 11 is 0. The van der Waals surface area contributed by atoms with Crippen LogP contribution in [0, 0.1) is 6.92 Å². The molecule has 60 valence electrons. The van der Waals surface area contributed by atoms with E-state index in [9.17, 15) is 0 Å². The molecule has 0 amide bonds. The molecule has 0 saturated heterocycles. The largest absolute Gasteiger partial charge is 0.555 e. The second-order valence-corrected chi connectivity index (χ2v) is 2.49. The van der Waals surface area contributed by atoms with E-state index >= 15 is 0 Å². The number of hydrogen-bond donors (Lipinski definition) is 3. The summed E-state index contributed by atoms with van der Waals surface area (Å²) in [5.41, 5.74) is 0.711. The van der Waals surface area contributed by atoms with Crippen molar-refractivity contribution in [2.45, 2.75) is 6.92 Å². The molecule has 0 aliphatic rings. The molecule has 0 aliphatic heterocycles. The Kier molecular flexibility index (Phi) is 1.95. The van der Waals surface area contributed by atoms with E-state index in [4.69, 9.17) is 15.1 Å². The van der Waals surface area contributed by atoms with Gasteiger partial charge in [0, 0.05) is 6.20 Å². The van der Waals surface area contributed by atoms with Gasteiger partial charge in [-0.25, -0.2) is 0 Å². The Bertz CT molecular complexity index is 258. The molecule has 11 heavy (non-hydrogen) atoms. The zero-order chi connectivity index (χ0) is 8.48. The molecule has 1 aromatic heterocycles. The summed E-state index contributed by atoms with van der Waals surface area (Å²) in [6.07, 6.45) is 1.41. The highest BCUT2D eigenvalue weighted by Gasteiger charge is 2.19. The van der Waals surface area contributed by atoms with E-state index in [1.54, 1.807) is 13.0 Å². The van der Waals surface area contributed by atoms with Gasteiger partial charge in [0.2, 0.25) is 0 Å². The maximum Gasteiger partial charge on any atom is 0.420 e. The average Bonchev–Trinajstić information content (AvgIpc) is 1.86. The molecule has 0 saturated carbocycles. The highest BCUT2D eigenvalue weighted by atomic mass is 16.5. The van der Waals surface area contributed by atoms with Crippen molar-refractivity contribution >= 4 is 12.3 Å². The molecule has 0 aromatic carbocycles. The van der Waals surface area contributed by atoms with Crippen molar-refractivity contribution < 1.29 is 15.1 Å². The first-order valence-corrected chi connectivity index (χ1v) is 3.24. The number of nitrogens with zero attached hydrogens (tertiary/aromatic N) is 1. The van der Waals surface area contributed by atoms with E-state index in [-0.39, 0.29) is 5.59 Å². The lowest BCUT2D eigenvalue weighted by molar-refractivity contribution is 0.248. The smallest absolute Gasteiger partial charge is 0.420 e. The SMILES string of the molecule is Cc1ccnc([B-](O)(O)O)c1. The van der Waals surface area contributed by atoms with Crippen molar-refractivity contribution in [3.63, 3.8) is 0 Å². The Labute approximate surface area is 64.2 Å². The van der Waals surface area contributed by atoms with E-state index in [0.717, 1.165) is 5.56 Å². The quantitative estimate of drug-likeness (QED) is 0.431. The number of aromatic nitrogens is 1. The molecule has 4 nitrogen and oxygen atoms in total. The molecule has 0 atom stereocenters. The van der Waals surface area contributed by atoms with Crippen LogP contribution in [0.4, 0.5) is 0 Å². The second-order valence-electron chi connectivity index (χ2n) is 2.49. The molecule has 5 heteroatoms. The van der Waals surface area contributed by atoms with Gasteiger partial charge in [0.1, 0.15) is 0 Å². The summed E-state index contributed by atoms with van der Waals surface area (Å²) in [5.74, 6) is 0. The first kappa shape index (κ1) is 8.19. The molecule has 0 fully saturated rings. The highest BCUT2D eigenvalue weighted by Crippen LogP contribution is 1.93. The number of pyridine rings is 1. The monoisotopic (exact) mass is 154 g/mol. The summed E-state index contributed by atoms with van der Waals surface area (Å²) in [6.45, 7) is -1.66. The maximum atomic E-state index is 8.72. The maximum absolute atomic E-state index is 8.72. The topological polar surface area (TPSA) is 73.6 Å². The number of hydrogen-bond acceptors (Lipinski definition) is 4. The fraction of sp³-hybridized carbons (Fsp3) is 0.167. The van der Waals surface area contributed by atoms with Gasteiger partial charge in [-0.3, -0.25) is 4.98 Å². The van der Waals surface area contributed by atoms with Gasteiger partial charge in [-0.05, 0) is 18.6 Å². The summed E-state index contributed by atoms with van der Waals surface area (Å²) in [5, 5.41) is 26.2. The van der Waals surface area contributed by atoms with Crippen molar-refractivity contribution in [1.29, 1.82) is 0 Å². The van der Waals surface area contributed by atoms with Crippen LogP contribution >= 0.6 is 0 Å². The minimum absolute atomic E-state index is 0.106. The second kappa shape index (κ2) is 2.62. The van der Waals surface area contributed by atoms with Crippen LogP contribution in [0.15, 0.2) is 18.3 Å². The normalized spacial score (nSPS) is 11.6. The van der Waals surface area contributed by atoms with Crippen LogP contribution in [0.1, 0.15) is 5.56 Å². The molecule has 0 unspecified atom stereocenters. The minimum Gasteiger partial charge on any atom is -0.555 e. The van der Waals surface area contributed by atoms with Crippen LogP contribution in [-0.2, 0) is 0 Å². The summed E-state index contributed by atoms with van der Waals surface area (Å²) in [6, 6.07) is 3.12. The number of aryl methyl sites for hydroxylation is 1. The third-order valence-electron chi connectivity index (χ3n) is 1.33. The van der Waals surface area contributed by atoms with Gasteiger partial charge in [-0.15, -0.1) is 0 Å². The highest BCUT2D eigenvalue weighted by molar-refractivity contribution is 6.70. The van der Waals surface area contributed by atoms with Gasteiger partial charge in [0.25, 0.3) is 0 Å². The molecule has 0 spiro atoms. The summed E-state index contributed by atoms with van der Waals surface area (Å²) in [4.78, 5) is 3.59. The van der Waals surface area contributed by atoms with Crippen LogP contribution < -0.4 is 5.59 Å². The van der Waals surface area contributed by atoms with Crippen molar-refractivity contribution in [3.05, 3.63) is 23.9 Å². The Balaban J connectivity index is 3.06. The van der Waals surface area contributed by atoms with Gasteiger partial charge >= 0.3 is 6.75 Å². The van der Waals surface area contributed by atoms with E-state index in [0.29, 0.717) is 0 Å². The van der Waals surface area contributed by atoms with Crippen LogP contribution in [-0.4, -0.2) is 26.8 Å². The predicted molar refractivity (Wildman–Crippen MR) is 41.0 cm³/mol.